The molecule has 31 heavy (non-hydrogen) atoms. The molecule has 1 saturated heterocycles. The van der Waals surface area contributed by atoms with E-state index in [2.05, 4.69) is 10.6 Å². The molecule has 0 spiro atoms. The van der Waals surface area contributed by atoms with Gasteiger partial charge in [0.15, 0.2) is 0 Å². The highest BCUT2D eigenvalue weighted by molar-refractivity contribution is 5.96. The van der Waals surface area contributed by atoms with Crippen molar-refractivity contribution in [3.05, 3.63) is 66.2 Å². The molecule has 6 heteroatoms. The van der Waals surface area contributed by atoms with Gasteiger partial charge in [0, 0.05) is 42.4 Å². The summed E-state index contributed by atoms with van der Waals surface area (Å²) in [4.78, 5) is 38.8. The second kappa shape index (κ2) is 9.60. The van der Waals surface area contributed by atoms with Gasteiger partial charge in [-0.3, -0.25) is 14.4 Å². The standard InChI is InChI=1S/C25H27N3O3/c29-23(12-9-18-5-2-1-3-6-18)28-15-13-20(14-16-28)25(31)27-22-8-4-7-21(17-22)26-24(30)19-10-11-19/h1-9,12,17,19-20H,10-11,13-16H2,(H,26,30)(H,27,31)/b12-9+. The number of hydrogen-bond acceptors (Lipinski definition) is 3. The van der Waals surface area contributed by atoms with Crippen LogP contribution in [0, 0.1) is 11.8 Å². The van der Waals surface area contributed by atoms with Crippen molar-refractivity contribution in [2.45, 2.75) is 25.7 Å². The lowest BCUT2D eigenvalue weighted by atomic mass is 9.95. The van der Waals surface area contributed by atoms with E-state index in [1.165, 1.54) is 0 Å². The van der Waals surface area contributed by atoms with Gasteiger partial charge >= 0.3 is 0 Å². The van der Waals surface area contributed by atoms with Crippen LogP contribution >= 0.6 is 0 Å². The Morgan fingerprint density at radius 3 is 1.94 bits per heavy atom. The largest absolute Gasteiger partial charge is 0.339 e. The molecule has 2 aromatic carbocycles. The van der Waals surface area contributed by atoms with E-state index in [0.29, 0.717) is 37.3 Å². The average molecular weight is 418 g/mol. The Kier molecular flexibility index (Phi) is 6.46. The number of amides is 3. The molecule has 0 unspecified atom stereocenters. The molecule has 6 nitrogen and oxygen atoms in total. The van der Waals surface area contributed by atoms with Gasteiger partial charge in [-0.1, -0.05) is 36.4 Å². The van der Waals surface area contributed by atoms with E-state index >= 15 is 0 Å². The van der Waals surface area contributed by atoms with Crippen LogP contribution in [0.4, 0.5) is 11.4 Å². The summed E-state index contributed by atoms with van der Waals surface area (Å²) in [6, 6.07) is 17.0. The zero-order valence-corrected chi connectivity index (χ0v) is 17.4. The first-order chi connectivity index (χ1) is 15.1. The molecular weight excluding hydrogens is 390 g/mol. The van der Waals surface area contributed by atoms with E-state index in [0.717, 1.165) is 18.4 Å². The van der Waals surface area contributed by atoms with Gasteiger partial charge in [0.2, 0.25) is 17.7 Å². The summed E-state index contributed by atoms with van der Waals surface area (Å²) in [5.74, 6) is -0.0261. The highest BCUT2D eigenvalue weighted by atomic mass is 16.2. The lowest BCUT2D eigenvalue weighted by molar-refractivity contribution is -0.130. The first-order valence-electron chi connectivity index (χ1n) is 10.8. The van der Waals surface area contributed by atoms with Crippen LogP contribution in [0.5, 0.6) is 0 Å². The SMILES string of the molecule is O=C(Nc1cccc(NC(=O)C2CCN(C(=O)/C=C/c3ccccc3)CC2)c1)C1CC1. The monoisotopic (exact) mass is 417 g/mol. The third-order valence-electron chi connectivity index (χ3n) is 5.74. The number of rotatable bonds is 6. The Balaban J connectivity index is 1.26. The molecule has 1 heterocycles. The third-order valence-corrected chi connectivity index (χ3v) is 5.74. The number of likely N-dealkylation sites (tertiary alicyclic amines) is 1. The first-order valence-corrected chi connectivity index (χ1v) is 10.8. The maximum atomic E-state index is 12.7. The summed E-state index contributed by atoms with van der Waals surface area (Å²) in [7, 11) is 0. The van der Waals surface area contributed by atoms with Crippen LogP contribution in [0.1, 0.15) is 31.2 Å². The van der Waals surface area contributed by atoms with Crippen molar-refractivity contribution in [1.82, 2.24) is 4.90 Å². The fourth-order valence-corrected chi connectivity index (χ4v) is 3.71. The first kappa shape index (κ1) is 20.8. The maximum absolute atomic E-state index is 12.7. The summed E-state index contributed by atoms with van der Waals surface area (Å²) in [5, 5.41) is 5.85. The van der Waals surface area contributed by atoms with Crippen molar-refractivity contribution < 1.29 is 14.4 Å². The van der Waals surface area contributed by atoms with E-state index in [1.807, 2.05) is 54.6 Å². The Bertz CT molecular complexity index is 975. The number of nitrogens with zero attached hydrogens (tertiary/aromatic N) is 1. The highest BCUT2D eigenvalue weighted by Crippen LogP contribution is 2.30. The Hall–Kier alpha value is -3.41. The predicted molar refractivity (Wildman–Crippen MR) is 121 cm³/mol. The molecule has 1 aliphatic heterocycles. The lowest BCUT2D eigenvalue weighted by Crippen LogP contribution is -2.40. The Labute approximate surface area is 182 Å². The van der Waals surface area contributed by atoms with Crippen LogP contribution in [-0.2, 0) is 14.4 Å². The van der Waals surface area contributed by atoms with Crippen LogP contribution in [0.2, 0.25) is 0 Å². The lowest BCUT2D eigenvalue weighted by Gasteiger charge is -2.30. The van der Waals surface area contributed by atoms with Gasteiger partial charge in [-0.15, -0.1) is 0 Å². The van der Waals surface area contributed by atoms with Gasteiger partial charge in [-0.25, -0.2) is 0 Å². The van der Waals surface area contributed by atoms with Crippen molar-refractivity contribution >= 4 is 35.2 Å². The van der Waals surface area contributed by atoms with E-state index in [9.17, 15) is 14.4 Å². The zero-order chi connectivity index (χ0) is 21.6. The zero-order valence-electron chi connectivity index (χ0n) is 17.4. The smallest absolute Gasteiger partial charge is 0.246 e. The molecule has 2 fully saturated rings. The summed E-state index contributed by atoms with van der Waals surface area (Å²) < 4.78 is 0. The molecule has 4 rings (SSSR count). The van der Waals surface area contributed by atoms with Gasteiger partial charge in [0.05, 0.1) is 0 Å². The molecular formula is C25H27N3O3. The van der Waals surface area contributed by atoms with E-state index < -0.39 is 0 Å². The molecule has 0 aromatic heterocycles. The topological polar surface area (TPSA) is 78.5 Å². The summed E-state index contributed by atoms with van der Waals surface area (Å²) >= 11 is 0. The second-order valence-electron chi connectivity index (χ2n) is 8.18. The van der Waals surface area contributed by atoms with E-state index in [1.54, 1.807) is 17.0 Å². The normalized spacial score (nSPS) is 16.8. The number of carbonyl (C=O) groups excluding carboxylic acids is 3. The number of anilines is 2. The molecule has 0 radical (unpaired) electrons. The van der Waals surface area contributed by atoms with Crippen LogP contribution in [0.3, 0.4) is 0 Å². The molecule has 3 amide bonds. The van der Waals surface area contributed by atoms with Crippen molar-refractivity contribution in [1.29, 1.82) is 0 Å². The molecule has 2 aliphatic rings. The van der Waals surface area contributed by atoms with Crippen molar-refractivity contribution in [3.8, 4) is 0 Å². The molecule has 2 N–H and O–H groups in total. The number of carbonyl (C=O) groups is 3. The number of piperidine rings is 1. The number of nitrogens with one attached hydrogen (secondary N) is 2. The third kappa shape index (κ3) is 5.81. The minimum atomic E-state index is -0.133. The van der Waals surface area contributed by atoms with Crippen LogP contribution in [0.25, 0.3) is 6.08 Å². The van der Waals surface area contributed by atoms with E-state index in [-0.39, 0.29) is 29.6 Å². The molecule has 1 saturated carbocycles. The second-order valence-corrected chi connectivity index (χ2v) is 8.18. The molecule has 1 aliphatic carbocycles. The van der Waals surface area contributed by atoms with Crippen LogP contribution in [-0.4, -0.2) is 35.7 Å². The predicted octanol–water partition coefficient (Wildman–Crippen LogP) is 3.93. The quantitative estimate of drug-likeness (QED) is 0.699. The summed E-state index contributed by atoms with van der Waals surface area (Å²) in [6.07, 6.45) is 6.58. The minimum absolute atomic E-state index is 0.0261. The van der Waals surface area contributed by atoms with Gasteiger partial charge in [0.1, 0.15) is 0 Å². The number of benzene rings is 2. The summed E-state index contributed by atoms with van der Waals surface area (Å²) in [5.41, 5.74) is 2.35. The fourth-order valence-electron chi connectivity index (χ4n) is 3.71. The van der Waals surface area contributed by atoms with Crippen molar-refractivity contribution in [3.63, 3.8) is 0 Å². The molecule has 0 atom stereocenters. The highest BCUT2D eigenvalue weighted by Gasteiger charge is 2.30. The van der Waals surface area contributed by atoms with Gasteiger partial charge in [0.25, 0.3) is 0 Å². The average Bonchev–Trinajstić information content (AvgIpc) is 3.64. The Morgan fingerprint density at radius 1 is 0.774 bits per heavy atom. The van der Waals surface area contributed by atoms with Crippen molar-refractivity contribution in [2.24, 2.45) is 11.8 Å². The minimum Gasteiger partial charge on any atom is -0.339 e. The van der Waals surface area contributed by atoms with Gasteiger partial charge < -0.3 is 15.5 Å². The number of hydrogen-bond donors (Lipinski definition) is 2. The van der Waals surface area contributed by atoms with E-state index in [4.69, 9.17) is 0 Å². The van der Waals surface area contributed by atoms with Crippen LogP contribution in [0.15, 0.2) is 60.7 Å². The maximum Gasteiger partial charge on any atom is 0.246 e. The van der Waals surface area contributed by atoms with Gasteiger partial charge in [-0.05, 0) is 55.5 Å². The fraction of sp³-hybridized carbons (Fsp3) is 0.320. The van der Waals surface area contributed by atoms with Crippen LogP contribution < -0.4 is 10.6 Å². The molecule has 2 aromatic rings. The Morgan fingerprint density at radius 2 is 1.35 bits per heavy atom. The van der Waals surface area contributed by atoms with Gasteiger partial charge in [-0.2, -0.15) is 0 Å². The van der Waals surface area contributed by atoms with Crippen molar-refractivity contribution in [2.75, 3.05) is 23.7 Å². The molecule has 0 bridgehead atoms. The molecule has 160 valence electrons. The summed E-state index contributed by atoms with van der Waals surface area (Å²) in [6.45, 7) is 1.13.